The number of rotatable bonds is 7. The lowest BCUT2D eigenvalue weighted by Crippen LogP contribution is -2.30. The number of carbonyl (C=O) groups is 2. The molecule has 0 saturated carbocycles. The molecule has 0 fully saturated rings. The van der Waals surface area contributed by atoms with Gasteiger partial charge in [-0.1, -0.05) is 30.3 Å². The number of benzene rings is 2. The first-order chi connectivity index (χ1) is 15.8. The van der Waals surface area contributed by atoms with E-state index in [9.17, 15) is 19.5 Å². The smallest absolute Gasteiger partial charge is 0.340 e. The Morgan fingerprint density at radius 3 is 2.36 bits per heavy atom. The Balaban J connectivity index is 1.77. The Hall–Kier alpha value is -3.87. The van der Waals surface area contributed by atoms with Crippen LogP contribution >= 0.6 is 0 Å². The molecule has 2 aromatic carbocycles. The summed E-state index contributed by atoms with van der Waals surface area (Å²) in [6.07, 6.45) is -0.0261. The first-order valence-corrected chi connectivity index (χ1v) is 10.8. The number of carboxylic acids is 1. The van der Waals surface area contributed by atoms with Crippen molar-refractivity contribution in [2.75, 3.05) is 6.54 Å². The molecular formula is C26H24NO6-. The molecule has 0 aliphatic rings. The number of amides is 1. The maximum absolute atomic E-state index is 12.7. The lowest BCUT2D eigenvalue weighted by Gasteiger charge is -2.11. The molecule has 0 saturated heterocycles. The number of hydrogen-bond donors (Lipinski definition) is 1. The number of aryl methyl sites for hydroxylation is 3. The summed E-state index contributed by atoms with van der Waals surface area (Å²) in [5.74, 6) is -0.767. The van der Waals surface area contributed by atoms with Crippen molar-refractivity contribution in [3.05, 3.63) is 69.3 Å². The number of fused-ring (bicyclic) bond motifs is 2. The van der Waals surface area contributed by atoms with Crippen molar-refractivity contribution in [2.45, 2.75) is 40.0 Å². The predicted octanol–water partition coefficient (Wildman–Crippen LogP) is 3.32. The van der Waals surface area contributed by atoms with E-state index in [1.807, 2.05) is 50.2 Å². The average Bonchev–Trinajstić information content (AvgIpc) is 3.12. The summed E-state index contributed by atoms with van der Waals surface area (Å²) in [7, 11) is 0. The van der Waals surface area contributed by atoms with Crippen LogP contribution in [0.4, 0.5) is 0 Å². The second kappa shape index (κ2) is 8.94. The van der Waals surface area contributed by atoms with Gasteiger partial charge in [-0.25, -0.2) is 4.79 Å². The van der Waals surface area contributed by atoms with Crippen LogP contribution in [0.15, 0.2) is 50.0 Å². The number of aliphatic carboxylic acids is 1. The van der Waals surface area contributed by atoms with Crippen molar-refractivity contribution in [1.82, 2.24) is 5.32 Å². The molecule has 0 unspecified atom stereocenters. The topological polar surface area (TPSA) is 113 Å². The second-order valence-electron chi connectivity index (χ2n) is 8.15. The van der Waals surface area contributed by atoms with Gasteiger partial charge in [0.1, 0.15) is 16.9 Å². The summed E-state index contributed by atoms with van der Waals surface area (Å²) >= 11 is 0. The van der Waals surface area contributed by atoms with E-state index in [0.717, 1.165) is 33.2 Å². The number of carbonyl (C=O) groups excluding carboxylic acids is 2. The number of furan rings is 1. The zero-order valence-electron chi connectivity index (χ0n) is 18.7. The van der Waals surface area contributed by atoms with Crippen LogP contribution in [-0.2, 0) is 16.0 Å². The van der Waals surface area contributed by atoms with Crippen molar-refractivity contribution in [3.63, 3.8) is 0 Å². The van der Waals surface area contributed by atoms with Gasteiger partial charge in [0.25, 0.3) is 0 Å². The van der Waals surface area contributed by atoms with Crippen molar-refractivity contribution in [3.8, 4) is 11.1 Å². The summed E-state index contributed by atoms with van der Waals surface area (Å²) in [5.41, 5.74) is 4.22. The van der Waals surface area contributed by atoms with Gasteiger partial charge in [-0.3, -0.25) is 4.79 Å². The summed E-state index contributed by atoms with van der Waals surface area (Å²) in [5, 5.41) is 14.8. The highest BCUT2D eigenvalue weighted by atomic mass is 16.4. The van der Waals surface area contributed by atoms with E-state index in [4.69, 9.17) is 8.83 Å². The molecule has 4 aromatic rings. The minimum Gasteiger partial charge on any atom is -0.550 e. The number of hydrogen-bond acceptors (Lipinski definition) is 6. The lowest BCUT2D eigenvalue weighted by molar-refractivity contribution is -0.305. The van der Waals surface area contributed by atoms with Crippen LogP contribution in [0.1, 0.15) is 35.3 Å². The van der Waals surface area contributed by atoms with Crippen LogP contribution in [0.2, 0.25) is 0 Å². The normalized spacial score (nSPS) is 11.2. The van der Waals surface area contributed by atoms with E-state index in [1.54, 1.807) is 6.92 Å². The van der Waals surface area contributed by atoms with Crippen LogP contribution in [0, 0.1) is 20.8 Å². The van der Waals surface area contributed by atoms with Crippen molar-refractivity contribution < 1.29 is 23.5 Å². The van der Waals surface area contributed by atoms with Crippen LogP contribution in [-0.4, -0.2) is 18.4 Å². The fraction of sp³-hybridized carbons (Fsp3) is 0.269. The van der Waals surface area contributed by atoms with Gasteiger partial charge >= 0.3 is 5.63 Å². The molecule has 7 nitrogen and oxygen atoms in total. The molecule has 2 aromatic heterocycles. The van der Waals surface area contributed by atoms with E-state index in [-0.39, 0.29) is 37.3 Å². The fourth-order valence-electron chi connectivity index (χ4n) is 4.23. The molecule has 4 rings (SSSR count). The van der Waals surface area contributed by atoms with Gasteiger partial charge < -0.3 is 24.1 Å². The zero-order valence-corrected chi connectivity index (χ0v) is 18.7. The quantitative estimate of drug-likeness (QED) is 0.344. The molecule has 0 bridgehead atoms. The minimum absolute atomic E-state index is 0.138. The molecule has 0 radical (unpaired) electrons. The third kappa shape index (κ3) is 4.26. The van der Waals surface area contributed by atoms with E-state index < -0.39 is 11.6 Å². The highest BCUT2D eigenvalue weighted by Crippen LogP contribution is 2.39. The lowest BCUT2D eigenvalue weighted by atomic mass is 9.96. The molecule has 1 amide bonds. The van der Waals surface area contributed by atoms with Crippen LogP contribution < -0.4 is 16.0 Å². The third-order valence-corrected chi connectivity index (χ3v) is 5.91. The van der Waals surface area contributed by atoms with Gasteiger partial charge in [0.15, 0.2) is 0 Å². The van der Waals surface area contributed by atoms with E-state index >= 15 is 0 Å². The van der Waals surface area contributed by atoms with Crippen molar-refractivity contribution >= 4 is 33.8 Å². The Labute approximate surface area is 190 Å². The standard InChI is InChI=1S/C26H25NO6/c1-14-18-12-20-23(17-8-5-4-6-9-17)16(3)32-25(20)15(2)24(18)33-26(31)19(14)13-21(28)27-11-7-10-22(29)30/h4-6,8-9,12H,7,10-11,13H2,1-3H3,(H,27,28)(H,29,30)/p-1. The molecule has 0 aliphatic heterocycles. The van der Waals surface area contributed by atoms with E-state index in [2.05, 4.69) is 5.32 Å². The SMILES string of the molecule is Cc1oc2c(C)c3oc(=O)c(CC(=O)NCCCC(=O)[O-])c(C)c3cc2c1-c1ccccc1. The minimum atomic E-state index is -1.17. The largest absolute Gasteiger partial charge is 0.550 e. The van der Waals surface area contributed by atoms with Gasteiger partial charge in [-0.15, -0.1) is 0 Å². The molecule has 7 heteroatoms. The maximum atomic E-state index is 12.7. The summed E-state index contributed by atoms with van der Waals surface area (Å²) in [6.45, 7) is 5.76. The summed E-state index contributed by atoms with van der Waals surface area (Å²) in [4.78, 5) is 35.6. The van der Waals surface area contributed by atoms with Crippen molar-refractivity contribution in [2.24, 2.45) is 0 Å². The fourth-order valence-corrected chi connectivity index (χ4v) is 4.23. The first kappa shape index (κ1) is 22.3. The Morgan fingerprint density at radius 1 is 0.970 bits per heavy atom. The van der Waals surface area contributed by atoms with Gasteiger partial charge in [0.05, 0.1) is 12.0 Å². The Kier molecular flexibility index (Phi) is 6.05. The predicted molar refractivity (Wildman–Crippen MR) is 123 cm³/mol. The molecule has 170 valence electrons. The van der Waals surface area contributed by atoms with E-state index in [0.29, 0.717) is 16.7 Å². The molecular weight excluding hydrogens is 422 g/mol. The molecule has 2 heterocycles. The molecule has 0 spiro atoms. The van der Waals surface area contributed by atoms with Gasteiger partial charge in [-0.05, 0) is 50.8 Å². The summed E-state index contributed by atoms with van der Waals surface area (Å²) < 4.78 is 11.7. The van der Waals surface area contributed by atoms with Gasteiger partial charge in [-0.2, -0.15) is 0 Å². The maximum Gasteiger partial charge on any atom is 0.340 e. The Bertz CT molecular complexity index is 1430. The first-order valence-electron chi connectivity index (χ1n) is 10.8. The highest BCUT2D eigenvalue weighted by molar-refractivity contribution is 6.06. The molecule has 0 atom stereocenters. The second-order valence-corrected chi connectivity index (χ2v) is 8.15. The highest BCUT2D eigenvalue weighted by Gasteiger charge is 2.21. The third-order valence-electron chi connectivity index (χ3n) is 5.91. The number of carboxylic acid groups (broad SMARTS) is 1. The van der Waals surface area contributed by atoms with Crippen LogP contribution in [0.5, 0.6) is 0 Å². The van der Waals surface area contributed by atoms with Crippen LogP contribution in [0.3, 0.4) is 0 Å². The summed E-state index contributed by atoms with van der Waals surface area (Å²) in [6, 6.07) is 11.9. The monoisotopic (exact) mass is 446 g/mol. The molecule has 0 aliphatic carbocycles. The van der Waals surface area contributed by atoms with Crippen molar-refractivity contribution in [1.29, 1.82) is 0 Å². The van der Waals surface area contributed by atoms with E-state index in [1.165, 1.54) is 0 Å². The molecule has 1 N–H and O–H groups in total. The van der Waals surface area contributed by atoms with Gasteiger partial charge in [0, 0.05) is 34.4 Å². The van der Waals surface area contributed by atoms with Gasteiger partial charge in [0.2, 0.25) is 5.91 Å². The van der Waals surface area contributed by atoms with Crippen LogP contribution in [0.25, 0.3) is 33.1 Å². The average molecular weight is 446 g/mol. The molecule has 33 heavy (non-hydrogen) atoms. The number of nitrogens with one attached hydrogen (secondary N) is 1. The Morgan fingerprint density at radius 2 is 1.67 bits per heavy atom. The zero-order chi connectivity index (χ0) is 23.7.